The molecule has 0 atom stereocenters. The van der Waals surface area contributed by atoms with Crippen LogP contribution in [0, 0.1) is 0 Å². The van der Waals surface area contributed by atoms with Crippen LogP contribution in [0.4, 0.5) is 5.69 Å². The number of nitrogens with two attached hydrogens (primary N) is 1. The highest BCUT2D eigenvalue weighted by Crippen LogP contribution is 2.46. The summed E-state index contributed by atoms with van der Waals surface area (Å²) in [6, 6.07) is 8.59. The molecule has 0 unspecified atom stereocenters. The first-order valence-electron chi connectivity index (χ1n) is 8.42. The Labute approximate surface area is 175 Å². The smallest absolute Gasteiger partial charge is 0.340 e. The van der Waals surface area contributed by atoms with Gasteiger partial charge in [-0.05, 0) is 18.6 Å². The zero-order valence-electron chi connectivity index (χ0n) is 15.4. The maximum atomic E-state index is 12.4. The summed E-state index contributed by atoms with van der Waals surface area (Å²) in [5.74, 6) is -0.477. The summed E-state index contributed by atoms with van der Waals surface area (Å²) in [6.07, 6.45) is 1.71. The number of unbranched alkanes of at least 4 members (excludes halogenated alkanes) is 1. The highest BCUT2D eigenvalue weighted by Gasteiger charge is 2.31. The van der Waals surface area contributed by atoms with Crippen molar-refractivity contribution < 1.29 is 22.7 Å². The normalized spacial score (nSPS) is 11.2. The van der Waals surface area contributed by atoms with E-state index in [4.69, 9.17) is 14.6 Å². The fourth-order valence-corrected chi connectivity index (χ4v) is 4.43. The van der Waals surface area contributed by atoms with E-state index in [1.165, 1.54) is 7.11 Å². The number of anilines is 1. The minimum Gasteiger partial charge on any atom is -0.465 e. The minimum absolute atomic E-state index is 0.0764. The van der Waals surface area contributed by atoms with E-state index in [1.54, 1.807) is 30.3 Å². The number of rotatable bonds is 8. The first-order chi connectivity index (χ1) is 13.2. The summed E-state index contributed by atoms with van der Waals surface area (Å²) in [5.41, 5.74) is 0.112. The second kappa shape index (κ2) is 9.55. The van der Waals surface area contributed by atoms with Gasteiger partial charge in [0.05, 0.1) is 18.4 Å². The summed E-state index contributed by atoms with van der Waals surface area (Å²) in [5, 5.41) is 8.53. The first kappa shape index (κ1) is 22.4. The Bertz CT molecular complexity index is 963. The number of methoxy groups -OCH3 is 1. The first-order valence-corrected chi connectivity index (χ1v) is 10.9. The summed E-state index contributed by atoms with van der Waals surface area (Å²) < 4.78 is 35.4. The Morgan fingerprint density at radius 2 is 1.82 bits per heavy atom. The van der Waals surface area contributed by atoms with Crippen molar-refractivity contribution in [2.75, 3.05) is 19.0 Å². The van der Waals surface area contributed by atoms with Crippen molar-refractivity contribution in [3.63, 3.8) is 0 Å². The number of sulfonamides is 1. The molecule has 0 saturated heterocycles. The number of carbonyl (C=O) groups excluding carboxylic acids is 1. The molecule has 0 radical (unpaired) electrons. The molecule has 0 aliphatic heterocycles. The van der Waals surface area contributed by atoms with E-state index >= 15 is 0 Å². The summed E-state index contributed by atoms with van der Waals surface area (Å²) in [4.78, 5) is 11.8. The highest BCUT2D eigenvalue weighted by atomic mass is 32.2. The number of thiol groups is 2. The van der Waals surface area contributed by atoms with Gasteiger partial charge in [-0.15, -0.1) is 25.3 Å². The number of hydrogen-bond acceptors (Lipinski definition) is 8. The predicted octanol–water partition coefficient (Wildman–Crippen LogP) is 3.70. The van der Waals surface area contributed by atoms with Crippen LogP contribution < -0.4 is 15.2 Å². The fraction of sp³-hybridized carbons (Fsp3) is 0.278. The number of para-hydroxylation sites is 1. The molecule has 0 aliphatic carbocycles. The van der Waals surface area contributed by atoms with Gasteiger partial charge < -0.3 is 14.8 Å². The highest BCUT2D eigenvalue weighted by molar-refractivity contribution is 7.90. The van der Waals surface area contributed by atoms with Gasteiger partial charge in [0, 0.05) is 16.3 Å². The van der Waals surface area contributed by atoms with Gasteiger partial charge in [-0.25, -0.2) is 18.4 Å². The molecule has 28 heavy (non-hydrogen) atoms. The lowest BCUT2D eigenvalue weighted by atomic mass is 10.1. The molecule has 0 saturated carbocycles. The Hall–Kier alpha value is -1.88. The van der Waals surface area contributed by atoms with E-state index in [-0.39, 0.29) is 26.8 Å². The van der Waals surface area contributed by atoms with Gasteiger partial charge in [0.15, 0.2) is 5.75 Å². The standard InChI is InChI=1S/C18H22N2O5S3/c1-3-4-10-20-13-14(25-11-8-6-5-7-9-11)17(28(19,22)23)16(27)12(15(13)26)18(21)24-2/h5-9,20,26-27H,3-4,10H2,1-2H3,(H2,19,22,23). The molecule has 3 N–H and O–H groups in total. The van der Waals surface area contributed by atoms with Crippen molar-refractivity contribution >= 4 is 46.9 Å². The van der Waals surface area contributed by atoms with Gasteiger partial charge in [0.25, 0.3) is 0 Å². The van der Waals surface area contributed by atoms with Crippen molar-refractivity contribution in [3.05, 3.63) is 35.9 Å². The molecule has 0 bridgehead atoms. The van der Waals surface area contributed by atoms with Gasteiger partial charge >= 0.3 is 5.97 Å². The fourth-order valence-electron chi connectivity index (χ4n) is 2.50. The number of esters is 1. The number of primary sulfonamides is 1. The lowest BCUT2D eigenvalue weighted by molar-refractivity contribution is 0.0592. The van der Waals surface area contributed by atoms with Crippen LogP contribution in [0.5, 0.6) is 11.5 Å². The van der Waals surface area contributed by atoms with E-state index in [9.17, 15) is 13.2 Å². The molecule has 10 heteroatoms. The number of carbonyl (C=O) groups is 1. The molecule has 2 rings (SSSR count). The van der Waals surface area contributed by atoms with Crippen LogP contribution in [0.2, 0.25) is 0 Å². The third-order valence-electron chi connectivity index (χ3n) is 3.83. The van der Waals surface area contributed by atoms with Crippen LogP contribution in [0.3, 0.4) is 0 Å². The average molecular weight is 443 g/mol. The lowest BCUT2D eigenvalue weighted by Gasteiger charge is -2.21. The lowest BCUT2D eigenvalue weighted by Crippen LogP contribution is -2.19. The monoisotopic (exact) mass is 442 g/mol. The Morgan fingerprint density at radius 1 is 1.18 bits per heavy atom. The molecule has 0 amide bonds. The van der Waals surface area contributed by atoms with Crippen LogP contribution in [0.25, 0.3) is 0 Å². The van der Waals surface area contributed by atoms with E-state index in [1.807, 2.05) is 6.92 Å². The van der Waals surface area contributed by atoms with Crippen LogP contribution in [-0.4, -0.2) is 28.0 Å². The quantitative estimate of drug-likeness (QED) is 0.282. The molecule has 152 valence electrons. The Kier molecular flexibility index (Phi) is 7.64. The largest absolute Gasteiger partial charge is 0.465 e. The van der Waals surface area contributed by atoms with E-state index in [0.717, 1.165) is 12.8 Å². The molecule has 0 aromatic heterocycles. The summed E-state index contributed by atoms with van der Waals surface area (Å²) in [7, 11) is -3.12. The maximum absolute atomic E-state index is 12.4. The summed E-state index contributed by atoms with van der Waals surface area (Å²) in [6.45, 7) is 2.52. The maximum Gasteiger partial charge on any atom is 0.340 e. The van der Waals surface area contributed by atoms with Gasteiger partial charge in [-0.3, -0.25) is 0 Å². The van der Waals surface area contributed by atoms with Crippen LogP contribution in [-0.2, 0) is 14.8 Å². The Balaban J connectivity index is 2.82. The molecule has 0 heterocycles. The van der Waals surface area contributed by atoms with Gasteiger partial charge in [0.2, 0.25) is 10.0 Å². The third kappa shape index (κ3) is 4.93. The second-order valence-corrected chi connectivity index (χ2v) is 8.23. The Morgan fingerprint density at radius 3 is 2.36 bits per heavy atom. The van der Waals surface area contributed by atoms with E-state index in [2.05, 4.69) is 30.6 Å². The number of hydrogen-bond donors (Lipinski definition) is 4. The molecular weight excluding hydrogens is 420 g/mol. The average Bonchev–Trinajstić information content (AvgIpc) is 2.63. The van der Waals surface area contributed by atoms with Gasteiger partial charge in [-0.1, -0.05) is 31.5 Å². The number of ether oxygens (including phenoxy) is 2. The molecule has 0 spiro atoms. The third-order valence-corrected chi connectivity index (χ3v) is 5.83. The predicted molar refractivity (Wildman–Crippen MR) is 114 cm³/mol. The number of nitrogens with one attached hydrogen (secondary N) is 1. The SMILES string of the molecule is CCCCNc1c(S)c(C(=O)OC)c(S)c(S(N)(=O)=O)c1Oc1ccccc1. The van der Waals surface area contributed by atoms with Crippen LogP contribution in [0.1, 0.15) is 30.1 Å². The molecular formula is C18H22N2O5S3. The topological polar surface area (TPSA) is 108 Å². The minimum atomic E-state index is -4.30. The zero-order chi connectivity index (χ0) is 20.9. The van der Waals surface area contributed by atoms with Crippen LogP contribution in [0.15, 0.2) is 45.0 Å². The molecule has 7 nitrogen and oxygen atoms in total. The molecule has 0 aliphatic rings. The van der Waals surface area contributed by atoms with Crippen molar-refractivity contribution in [1.82, 2.24) is 0 Å². The van der Waals surface area contributed by atoms with Crippen molar-refractivity contribution in [2.45, 2.75) is 34.5 Å². The molecule has 0 fully saturated rings. The molecule has 2 aromatic rings. The van der Waals surface area contributed by atoms with E-state index < -0.39 is 20.9 Å². The van der Waals surface area contributed by atoms with Gasteiger partial charge in [0.1, 0.15) is 10.6 Å². The van der Waals surface area contributed by atoms with Gasteiger partial charge in [-0.2, -0.15) is 0 Å². The van der Waals surface area contributed by atoms with E-state index in [0.29, 0.717) is 12.3 Å². The summed E-state index contributed by atoms with van der Waals surface area (Å²) >= 11 is 8.67. The van der Waals surface area contributed by atoms with Crippen molar-refractivity contribution in [1.29, 1.82) is 0 Å². The zero-order valence-corrected chi connectivity index (χ0v) is 18.0. The van der Waals surface area contributed by atoms with Crippen molar-refractivity contribution in [3.8, 4) is 11.5 Å². The van der Waals surface area contributed by atoms with Crippen molar-refractivity contribution in [2.24, 2.45) is 5.14 Å². The number of benzene rings is 2. The van der Waals surface area contributed by atoms with Crippen LogP contribution >= 0.6 is 25.3 Å². The second-order valence-electron chi connectivity index (χ2n) is 5.84. The molecule has 2 aromatic carbocycles.